The zero-order valence-electron chi connectivity index (χ0n) is 11.6. The zero-order valence-corrected chi connectivity index (χ0v) is 12.4. The van der Waals surface area contributed by atoms with E-state index >= 15 is 0 Å². The summed E-state index contributed by atoms with van der Waals surface area (Å²) in [5.74, 6) is 2.41. The van der Waals surface area contributed by atoms with Crippen LogP contribution in [-0.2, 0) is 9.53 Å². The summed E-state index contributed by atoms with van der Waals surface area (Å²) < 4.78 is 4.86. The molecule has 1 N–H and O–H groups in total. The van der Waals surface area contributed by atoms with Crippen molar-refractivity contribution < 1.29 is 9.53 Å². The molecule has 0 bridgehead atoms. The maximum atomic E-state index is 11.7. The van der Waals surface area contributed by atoms with E-state index in [0.717, 1.165) is 12.2 Å². The average molecular weight is 259 g/mol. The number of carbonyl (C=O) groups excluding carboxylic acids is 1. The SMILES string of the molecule is COC(=O)[C@@H](NC1CSCC(C)(C)C1)C(C)C. The molecule has 1 unspecified atom stereocenters. The van der Waals surface area contributed by atoms with E-state index in [2.05, 4.69) is 33.0 Å². The van der Waals surface area contributed by atoms with Crippen LogP contribution < -0.4 is 5.32 Å². The summed E-state index contributed by atoms with van der Waals surface area (Å²) in [5.41, 5.74) is 0.359. The third kappa shape index (κ3) is 4.51. The van der Waals surface area contributed by atoms with Crippen LogP contribution in [0.5, 0.6) is 0 Å². The number of ether oxygens (including phenoxy) is 1. The summed E-state index contributed by atoms with van der Waals surface area (Å²) >= 11 is 1.97. The normalized spacial score (nSPS) is 25.6. The third-order valence-electron chi connectivity index (χ3n) is 3.15. The lowest BCUT2D eigenvalue weighted by atomic mass is 9.87. The molecule has 1 heterocycles. The summed E-state index contributed by atoms with van der Waals surface area (Å²) in [6.07, 6.45) is 1.13. The molecule has 0 amide bonds. The van der Waals surface area contributed by atoms with E-state index in [1.54, 1.807) is 0 Å². The Morgan fingerprint density at radius 3 is 2.59 bits per heavy atom. The van der Waals surface area contributed by atoms with Gasteiger partial charge in [0.2, 0.25) is 0 Å². The second kappa shape index (κ2) is 6.10. The highest BCUT2D eigenvalue weighted by Crippen LogP contribution is 2.33. The van der Waals surface area contributed by atoms with Crippen molar-refractivity contribution in [1.82, 2.24) is 5.32 Å². The van der Waals surface area contributed by atoms with Gasteiger partial charge in [0.15, 0.2) is 0 Å². The van der Waals surface area contributed by atoms with Gasteiger partial charge in [-0.05, 0) is 23.5 Å². The number of hydrogen-bond donors (Lipinski definition) is 1. The Bertz CT molecular complexity index is 266. The molecule has 0 aliphatic carbocycles. The van der Waals surface area contributed by atoms with Crippen LogP contribution in [0.25, 0.3) is 0 Å². The van der Waals surface area contributed by atoms with Gasteiger partial charge < -0.3 is 10.1 Å². The highest BCUT2D eigenvalue weighted by molar-refractivity contribution is 7.99. The summed E-state index contributed by atoms with van der Waals surface area (Å²) in [7, 11) is 1.46. The van der Waals surface area contributed by atoms with Crippen molar-refractivity contribution >= 4 is 17.7 Å². The molecule has 1 aliphatic heterocycles. The topological polar surface area (TPSA) is 38.3 Å². The predicted molar refractivity (Wildman–Crippen MR) is 73.3 cm³/mol. The van der Waals surface area contributed by atoms with E-state index in [1.807, 2.05) is 11.8 Å². The smallest absolute Gasteiger partial charge is 0.323 e. The first-order valence-corrected chi connectivity index (χ1v) is 7.43. The minimum Gasteiger partial charge on any atom is -0.468 e. The van der Waals surface area contributed by atoms with Crippen LogP contribution in [0.1, 0.15) is 34.1 Å². The first-order chi connectivity index (χ1) is 7.85. The van der Waals surface area contributed by atoms with Crippen molar-refractivity contribution in [1.29, 1.82) is 0 Å². The number of esters is 1. The van der Waals surface area contributed by atoms with Crippen LogP contribution in [0.3, 0.4) is 0 Å². The second-order valence-corrected chi connectivity index (χ2v) is 7.02. The van der Waals surface area contributed by atoms with Gasteiger partial charge in [-0.25, -0.2) is 0 Å². The van der Waals surface area contributed by atoms with Gasteiger partial charge in [0, 0.05) is 11.8 Å². The van der Waals surface area contributed by atoms with Crippen LogP contribution in [0.2, 0.25) is 0 Å². The molecular weight excluding hydrogens is 234 g/mol. The van der Waals surface area contributed by atoms with Crippen LogP contribution in [0, 0.1) is 11.3 Å². The Kier molecular flexibility index (Phi) is 5.32. The van der Waals surface area contributed by atoms with Crippen LogP contribution >= 0.6 is 11.8 Å². The molecule has 1 aliphatic rings. The van der Waals surface area contributed by atoms with Gasteiger partial charge in [-0.2, -0.15) is 11.8 Å². The first-order valence-electron chi connectivity index (χ1n) is 6.27. The van der Waals surface area contributed by atoms with Gasteiger partial charge >= 0.3 is 5.97 Å². The van der Waals surface area contributed by atoms with Crippen molar-refractivity contribution in [2.45, 2.75) is 46.2 Å². The highest BCUT2D eigenvalue weighted by Gasteiger charge is 2.32. The van der Waals surface area contributed by atoms with E-state index in [1.165, 1.54) is 12.9 Å². The molecule has 100 valence electrons. The lowest BCUT2D eigenvalue weighted by Gasteiger charge is -2.37. The van der Waals surface area contributed by atoms with Gasteiger partial charge in [-0.15, -0.1) is 0 Å². The molecule has 0 aromatic carbocycles. The zero-order chi connectivity index (χ0) is 13.1. The standard InChI is InChI=1S/C13H25NO2S/c1-9(2)11(12(15)16-5)14-10-6-13(3,4)8-17-7-10/h9-11,14H,6-8H2,1-5H3/t10?,11-/m0/s1. The lowest BCUT2D eigenvalue weighted by molar-refractivity contribution is -0.144. The summed E-state index contributed by atoms with van der Waals surface area (Å²) in [5, 5.41) is 3.47. The fraction of sp³-hybridized carbons (Fsp3) is 0.923. The quantitative estimate of drug-likeness (QED) is 0.786. The molecule has 1 rings (SSSR count). The van der Waals surface area contributed by atoms with Crippen molar-refractivity contribution in [3.8, 4) is 0 Å². The Hall–Kier alpha value is -0.220. The van der Waals surface area contributed by atoms with Crippen molar-refractivity contribution in [3.05, 3.63) is 0 Å². The van der Waals surface area contributed by atoms with Crippen LogP contribution in [0.4, 0.5) is 0 Å². The molecule has 0 aromatic rings. The Morgan fingerprint density at radius 1 is 1.47 bits per heavy atom. The molecule has 3 nitrogen and oxygen atoms in total. The number of nitrogens with one attached hydrogen (secondary N) is 1. The number of carbonyl (C=O) groups is 1. The van der Waals surface area contributed by atoms with Gasteiger partial charge in [-0.3, -0.25) is 4.79 Å². The molecule has 17 heavy (non-hydrogen) atoms. The van der Waals surface area contributed by atoms with Crippen LogP contribution in [0.15, 0.2) is 0 Å². The van der Waals surface area contributed by atoms with E-state index in [9.17, 15) is 4.79 Å². The highest BCUT2D eigenvalue weighted by atomic mass is 32.2. The number of methoxy groups -OCH3 is 1. The molecule has 0 radical (unpaired) electrons. The molecule has 2 atom stereocenters. The van der Waals surface area contributed by atoms with E-state index in [4.69, 9.17) is 4.74 Å². The number of thioether (sulfide) groups is 1. The minimum absolute atomic E-state index is 0.145. The summed E-state index contributed by atoms with van der Waals surface area (Å²) in [4.78, 5) is 11.7. The fourth-order valence-electron chi connectivity index (χ4n) is 2.28. The van der Waals surface area contributed by atoms with Crippen molar-refractivity contribution in [3.63, 3.8) is 0 Å². The fourth-order valence-corrected chi connectivity index (χ4v) is 3.57. The van der Waals surface area contributed by atoms with Gasteiger partial charge in [-0.1, -0.05) is 27.7 Å². The Balaban J connectivity index is 2.58. The van der Waals surface area contributed by atoms with Crippen molar-refractivity contribution in [2.75, 3.05) is 18.6 Å². The maximum absolute atomic E-state index is 11.7. The number of hydrogen-bond acceptors (Lipinski definition) is 4. The maximum Gasteiger partial charge on any atom is 0.323 e. The molecule has 4 heteroatoms. The first kappa shape index (κ1) is 14.8. The molecule has 0 aromatic heterocycles. The monoisotopic (exact) mass is 259 g/mol. The van der Waals surface area contributed by atoms with Gasteiger partial charge in [0.25, 0.3) is 0 Å². The average Bonchev–Trinajstić information content (AvgIpc) is 2.23. The summed E-state index contributed by atoms with van der Waals surface area (Å²) in [6.45, 7) is 8.68. The Labute approximate surface area is 109 Å². The molecule has 0 spiro atoms. The van der Waals surface area contributed by atoms with Gasteiger partial charge in [0.05, 0.1) is 7.11 Å². The third-order valence-corrected chi connectivity index (χ3v) is 4.77. The minimum atomic E-state index is -0.181. The molecular formula is C13H25NO2S. The molecule has 1 fully saturated rings. The Morgan fingerprint density at radius 2 is 2.12 bits per heavy atom. The van der Waals surface area contributed by atoms with Crippen molar-refractivity contribution in [2.24, 2.45) is 11.3 Å². The molecule has 0 saturated carbocycles. The van der Waals surface area contributed by atoms with E-state index in [0.29, 0.717) is 11.5 Å². The summed E-state index contributed by atoms with van der Waals surface area (Å²) in [6, 6.07) is 0.231. The second-order valence-electron chi connectivity index (χ2n) is 5.99. The molecule has 1 saturated heterocycles. The van der Waals surface area contributed by atoms with Crippen LogP contribution in [-0.4, -0.2) is 36.7 Å². The largest absolute Gasteiger partial charge is 0.468 e. The van der Waals surface area contributed by atoms with E-state index in [-0.39, 0.29) is 17.9 Å². The number of rotatable bonds is 4. The van der Waals surface area contributed by atoms with Gasteiger partial charge in [0.1, 0.15) is 6.04 Å². The van der Waals surface area contributed by atoms with E-state index < -0.39 is 0 Å². The predicted octanol–water partition coefficient (Wildman–Crippen LogP) is 2.31. The lowest BCUT2D eigenvalue weighted by Crippen LogP contribution is -2.50.